The summed E-state index contributed by atoms with van der Waals surface area (Å²) in [6, 6.07) is 3.32. The lowest BCUT2D eigenvalue weighted by Crippen LogP contribution is -2.44. The summed E-state index contributed by atoms with van der Waals surface area (Å²) in [6.07, 6.45) is 3.58. The number of halogens is 4. The van der Waals surface area contributed by atoms with E-state index >= 15 is 0 Å². The normalized spacial score (nSPS) is 20.7. The van der Waals surface area contributed by atoms with Crippen LogP contribution in [-0.4, -0.2) is 62.9 Å². The fourth-order valence-corrected chi connectivity index (χ4v) is 5.77. The van der Waals surface area contributed by atoms with E-state index in [-0.39, 0.29) is 16.4 Å². The van der Waals surface area contributed by atoms with E-state index in [1.54, 1.807) is 13.1 Å². The van der Waals surface area contributed by atoms with Gasteiger partial charge in [0, 0.05) is 36.9 Å². The number of aromatic nitrogens is 4. The van der Waals surface area contributed by atoms with Crippen LogP contribution in [-0.2, 0) is 10.9 Å². The third kappa shape index (κ3) is 5.95. The molecule has 0 bridgehead atoms. The average Bonchev–Trinajstić information content (AvgIpc) is 3.30. The second-order valence-electron chi connectivity index (χ2n) is 10.1. The molecular formula is C27H30ClF3N6O2. The maximum atomic E-state index is 13.0. The standard InChI is InChI=1S/C27H30ClF3N6O2/c1-16-11-20(14-32-24(16)18-3-5-21(6-4-18)36-7-9-39-10-8-36)35-26(38)22-15-34-37(17(22)2)25-23(28)12-19(13-33-25)27(29,30)31/h11-15,18,21H,3-10H2,1-2H3,(H,35,38)/t18-,21-. The summed E-state index contributed by atoms with van der Waals surface area (Å²) in [5, 5.41) is 6.76. The molecule has 1 aliphatic heterocycles. The number of anilines is 1. The summed E-state index contributed by atoms with van der Waals surface area (Å²) in [5.74, 6) is -0.0123. The maximum absolute atomic E-state index is 13.0. The van der Waals surface area contributed by atoms with E-state index in [1.807, 2.05) is 13.0 Å². The van der Waals surface area contributed by atoms with Crippen molar-refractivity contribution in [2.75, 3.05) is 31.6 Å². The van der Waals surface area contributed by atoms with Crippen molar-refractivity contribution in [3.63, 3.8) is 0 Å². The highest BCUT2D eigenvalue weighted by Crippen LogP contribution is 2.36. The van der Waals surface area contributed by atoms with Crippen molar-refractivity contribution in [1.82, 2.24) is 24.6 Å². The number of pyridine rings is 2. The number of rotatable bonds is 5. The van der Waals surface area contributed by atoms with Gasteiger partial charge in [0.15, 0.2) is 5.82 Å². The number of ether oxygens (including phenoxy) is 1. The number of amides is 1. The van der Waals surface area contributed by atoms with Gasteiger partial charge >= 0.3 is 6.18 Å². The van der Waals surface area contributed by atoms with E-state index in [9.17, 15) is 18.0 Å². The SMILES string of the molecule is Cc1cc(NC(=O)c2cnn(-c3ncc(C(F)(F)F)cc3Cl)c2C)cnc1[C@H]1CC[C@H](N2CCOCC2)CC1. The molecule has 0 radical (unpaired) electrons. The maximum Gasteiger partial charge on any atom is 0.417 e. The van der Waals surface area contributed by atoms with Crippen LogP contribution in [0.25, 0.3) is 5.82 Å². The van der Waals surface area contributed by atoms with Crippen LogP contribution < -0.4 is 5.32 Å². The van der Waals surface area contributed by atoms with Gasteiger partial charge in [0.2, 0.25) is 0 Å². The lowest BCUT2D eigenvalue weighted by atomic mass is 9.82. The molecule has 0 unspecified atom stereocenters. The van der Waals surface area contributed by atoms with Crippen molar-refractivity contribution in [3.8, 4) is 5.82 Å². The van der Waals surface area contributed by atoms with Gasteiger partial charge < -0.3 is 10.1 Å². The summed E-state index contributed by atoms with van der Waals surface area (Å²) in [4.78, 5) is 24.1. The van der Waals surface area contributed by atoms with Gasteiger partial charge in [0.1, 0.15) is 0 Å². The predicted octanol–water partition coefficient (Wildman–Crippen LogP) is 5.56. The summed E-state index contributed by atoms with van der Waals surface area (Å²) in [6.45, 7) is 7.27. The first-order valence-corrected chi connectivity index (χ1v) is 13.4. The van der Waals surface area contributed by atoms with E-state index in [0.29, 0.717) is 29.5 Å². The van der Waals surface area contributed by atoms with Gasteiger partial charge in [-0.2, -0.15) is 18.3 Å². The number of nitrogens with zero attached hydrogens (tertiary/aromatic N) is 5. The molecule has 1 saturated heterocycles. The molecule has 2 aliphatic rings. The molecule has 8 nitrogen and oxygen atoms in total. The number of hydrogen-bond donors (Lipinski definition) is 1. The average molecular weight is 563 g/mol. The highest BCUT2D eigenvalue weighted by molar-refractivity contribution is 6.32. The third-order valence-electron chi connectivity index (χ3n) is 7.63. The van der Waals surface area contributed by atoms with Crippen LogP contribution in [0.5, 0.6) is 0 Å². The van der Waals surface area contributed by atoms with Crippen molar-refractivity contribution in [1.29, 1.82) is 0 Å². The molecule has 3 aromatic heterocycles. The topological polar surface area (TPSA) is 85.2 Å². The number of carbonyl (C=O) groups is 1. The van der Waals surface area contributed by atoms with Crippen LogP contribution in [0.3, 0.4) is 0 Å². The molecule has 208 valence electrons. The molecule has 1 N–H and O–H groups in total. The first-order chi connectivity index (χ1) is 18.6. The number of carbonyl (C=O) groups excluding carboxylic acids is 1. The fraction of sp³-hybridized carbons (Fsp3) is 0.481. The zero-order chi connectivity index (χ0) is 27.7. The molecule has 1 amide bonds. The molecule has 0 atom stereocenters. The molecule has 39 heavy (non-hydrogen) atoms. The largest absolute Gasteiger partial charge is 0.417 e. The molecule has 0 aromatic carbocycles. The van der Waals surface area contributed by atoms with Crippen LogP contribution in [0, 0.1) is 13.8 Å². The van der Waals surface area contributed by atoms with Gasteiger partial charge in [0.05, 0.1) is 53.1 Å². The Morgan fingerprint density at radius 1 is 1.05 bits per heavy atom. The van der Waals surface area contributed by atoms with Crippen molar-refractivity contribution >= 4 is 23.2 Å². The molecule has 4 heterocycles. The Morgan fingerprint density at radius 3 is 2.41 bits per heavy atom. The summed E-state index contributed by atoms with van der Waals surface area (Å²) < 4.78 is 45.6. The van der Waals surface area contributed by atoms with Crippen molar-refractivity contribution in [2.24, 2.45) is 0 Å². The molecule has 2 fully saturated rings. The van der Waals surface area contributed by atoms with E-state index in [1.165, 1.54) is 10.9 Å². The first kappa shape index (κ1) is 27.5. The summed E-state index contributed by atoms with van der Waals surface area (Å²) in [5.41, 5.74) is 2.32. The van der Waals surface area contributed by atoms with Gasteiger partial charge in [-0.05, 0) is 57.2 Å². The zero-order valence-corrected chi connectivity index (χ0v) is 22.5. The van der Waals surface area contributed by atoms with Gasteiger partial charge in [-0.1, -0.05) is 11.6 Å². The van der Waals surface area contributed by atoms with Gasteiger partial charge in [-0.25, -0.2) is 9.67 Å². The minimum Gasteiger partial charge on any atom is -0.379 e. The van der Waals surface area contributed by atoms with Crippen LogP contribution >= 0.6 is 11.6 Å². The minimum absolute atomic E-state index is 0.00595. The molecule has 1 aliphatic carbocycles. The second-order valence-corrected chi connectivity index (χ2v) is 10.5. The Hall–Kier alpha value is -3.02. The Bertz CT molecular complexity index is 1350. The lowest BCUT2D eigenvalue weighted by Gasteiger charge is -2.38. The molecule has 5 rings (SSSR count). The van der Waals surface area contributed by atoms with Crippen molar-refractivity contribution < 1.29 is 22.7 Å². The van der Waals surface area contributed by atoms with Crippen LogP contribution in [0.4, 0.5) is 18.9 Å². The zero-order valence-electron chi connectivity index (χ0n) is 21.8. The lowest BCUT2D eigenvalue weighted by molar-refractivity contribution is -0.137. The predicted molar refractivity (Wildman–Crippen MR) is 140 cm³/mol. The van der Waals surface area contributed by atoms with Crippen LogP contribution in [0.2, 0.25) is 5.02 Å². The second kappa shape index (κ2) is 11.2. The first-order valence-electron chi connectivity index (χ1n) is 13.0. The van der Waals surface area contributed by atoms with Crippen molar-refractivity contribution in [3.05, 3.63) is 63.8 Å². The monoisotopic (exact) mass is 562 g/mol. The van der Waals surface area contributed by atoms with Gasteiger partial charge in [0.25, 0.3) is 5.91 Å². The Balaban J connectivity index is 1.24. The number of aryl methyl sites for hydroxylation is 1. The fourth-order valence-electron chi connectivity index (χ4n) is 5.52. The van der Waals surface area contributed by atoms with E-state index < -0.39 is 17.6 Å². The molecular weight excluding hydrogens is 533 g/mol. The summed E-state index contributed by atoms with van der Waals surface area (Å²) in [7, 11) is 0. The van der Waals surface area contributed by atoms with Crippen LogP contribution in [0.15, 0.2) is 30.7 Å². The highest BCUT2D eigenvalue weighted by Gasteiger charge is 2.32. The molecule has 3 aromatic rings. The number of hydrogen-bond acceptors (Lipinski definition) is 6. The number of alkyl halides is 3. The van der Waals surface area contributed by atoms with Crippen molar-refractivity contribution in [2.45, 2.75) is 57.7 Å². The number of morpholine rings is 1. The summed E-state index contributed by atoms with van der Waals surface area (Å²) >= 11 is 6.06. The van der Waals surface area contributed by atoms with Gasteiger partial charge in [-0.3, -0.25) is 14.7 Å². The smallest absolute Gasteiger partial charge is 0.379 e. The Labute approximate surface area is 229 Å². The van der Waals surface area contributed by atoms with E-state index in [2.05, 4.69) is 20.3 Å². The molecule has 1 saturated carbocycles. The van der Waals surface area contributed by atoms with E-state index in [0.717, 1.165) is 69.3 Å². The minimum atomic E-state index is -4.57. The van der Waals surface area contributed by atoms with Crippen LogP contribution in [0.1, 0.15) is 64.5 Å². The van der Waals surface area contributed by atoms with E-state index in [4.69, 9.17) is 21.3 Å². The molecule has 12 heteroatoms. The van der Waals surface area contributed by atoms with Gasteiger partial charge in [-0.15, -0.1) is 0 Å². The Morgan fingerprint density at radius 2 is 1.77 bits per heavy atom. The third-order valence-corrected chi connectivity index (χ3v) is 7.90. The highest BCUT2D eigenvalue weighted by atomic mass is 35.5. The number of nitrogens with one attached hydrogen (secondary N) is 1. The molecule has 0 spiro atoms. The Kier molecular flexibility index (Phi) is 7.93. The quantitative estimate of drug-likeness (QED) is 0.438.